The molecule has 2 amide bonds. The third kappa shape index (κ3) is 2.65. The van der Waals surface area contributed by atoms with E-state index in [0.717, 1.165) is 5.56 Å². The van der Waals surface area contributed by atoms with E-state index in [4.69, 9.17) is 4.74 Å². The number of carbonyl (C=O) groups excluding carboxylic acids is 2. The standard InChI is InChI=1S/C17H16N2O3/c1-22-15-9-5-4-8-13(15)18-16(20)10-14-11-6-2-3-7-12(11)17(21)19-14/h2-9,14H,10H2,1H3,(H,18,20)(H,19,21). The summed E-state index contributed by atoms with van der Waals surface area (Å²) in [7, 11) is 1.55. The van der Waals surface area contributed by atoms with Gasteiger partial charge in [-0.1, -0.05) is 30.3 Å². The molecule has 0 aromatic heterocycles. The molecule has 2 aromatic rings. The van der Waals surface area contributed by atoms with E-state index in [1.165, 1.54) is 0 Å². The molecular formula is C17H16N2O3. The van der Waals surface area contributed by atoms with Gasteiger partial charge in [0.15, 0.2) is 0 Å². The number of anilines is 1. The normalized spacial score (nSPS) is 15.9. The SMILES string of the molecule is COc1ccccc1NC(=O)CC1NC(=O)c2ccccc21. The summed E-state index contributed by atoms with van der Waals surface area (Å²) < 4.78 is 5.21. The van der Waals surface area contributed by atoms with E-state index < -0.39 is 0 Å². The number of fused-ring (bicyclic) bond motifs is 1. The molecule has 1 aliphatic heterocycles. The van der Waals surface area contributed by atoms with Crippen LogP contribution in [0, 0.1) is 0 Å². The molecule has 22 heavy (non-hydrogen) atoms. The minimum Gasteiger partial charge on any atom is -0.495 e. The predicted octanol–water partition coefficient (Wildman–Crippen LogP) is 2.51. The Morgan fingerprint density at radius 1 is 1.18 bits per heavy atom. The molecule has 5 heteroatoms. The van der Waals surface area contributed by atoms with E-state index >= 15 is 0 Å². The maximum atomic E-state index is 12.2. The summed E-state index contributed by atoms with van der Waals surface area (Å²) in [6.45, 7) is 0. The number of methoxy groups -OCH3 is 1. The van der Waals surface area contributed by atoms with Gasteiger partial charge in [-0.25, -0.2) is 0 Å². The van der Waals surface area contributed by atoms with Crippen molar-refractivity contribution >= 4 is 17.5 Å². The van der Waals surface area contributed by atoms with Crippen molar-refractivity contribution in [3.8, 4) is 5.75 Å². The van der Waals surface area contributed by atoms with E-state index in [1.54, 1.807) is 25.3 Å². The Bertz CT molecular complexity index is 727. The van der Waals surface area contributed by atoms with Gasteiger partial charge in [0, 0.05) is 5.56 Å². The Morgan fingerprint density at radius 2 is 1.91 bits per heavy atom. The predicted molar refractivity (Wildman–Crippen MR) is 82.9 cm³/mol. The van der Waals surface area contributed by atoms with Crippen molar-refractivity contribution in [2.45, 2.75) is 12.5 Å². The molecule has 0 radical (unpaired) electrons. The highest BCUT2D eigenvalue weighted by molar-refractivity contribution is 6.00. The van der Waals surface area contributed by atoms with Crippen LogP contribution in [-0.4, -0.2) is 18.9 Å². The Labute approximate surface area is 128 Å². The number of carbonyl (C=O) groups is 2. The van der Waals surface area contributed by atoms with Crippen LogP contribution in [0.5, 0.6) is 5.75 Å². The molecule has 2 N–H and O–H groups in total. The van der Waals surface area contributed by atoms with Gasteiger partial charge in [0.1, 0.15) is 5.75 Å². The molecule has 1 heterocycles. The zero-order valence-corrected chi connectivity index (χ0v) is 12.1. The molecule has 0 saturated carbocycles. The molecule has 1 atom stereocenters. The third-order valence-corrected chi connectivity index (χ3v) is 3.66. The Morgan fingerprint density at radius 3 is 2.73 bits per heavy atom. The summed E-state index contributed by atoms with van der Waals surface area (Å²) in [5.74, 6) is 0.295. The zero-order chi connectivity index (χ0) is 15.5. The van der Waals surface area contributed by atoms with Crippen LogP contribution >= 0.6 is 0 Å². The quantitative estimate of drug-likeness (QED) is 0.911. The molecule has 5 nitrogen and oxygen atoms in total. The van der Waals surface area contributed by atoms with Crippen molar-refractivity contribution in [1.82, 2.24) is 5.32 Å². The Balaban J connectivity index is 1.72. The molecule has 0 spiro atoms. The first-order valence-corrected chi connectivity index (χ1v) is 7.01. The van der Waals surface area contributed by atoms with E-state index in [9.17, 15) is 9.59 Å². The van der Waals surface area contributed by atoms with Crippen LogP contribution in [0.15, 0.2) is 48.5 Å². The first-order chi connectivity index (χ1) is 10.7. The van der Waals surface area contributed by atoms with E-state index in [2.05, 4.69) is 10.6 Å². The van der Waals surface area contributed by atoms with Gasteiger partial charge >= 0.3 is 0 Å². The van der Waals surface area contributed by atoms with Crippen LogP contribution in [0.3, 0.4) is 0 Å². The molecule has 2 aromatic carbocycles. The molecular weight excluding hydrogens is 280 g/mol. The highest BCUT2D eigenvalue weighted by Gasteiger charge is 2.29. The summed E-state index contributed by atoms with van der Waals surface area (Å²) >= 11 is 0. The second-order valence-electron chi connectivity index (χ2n) is 5.07. The highest BCUT2D eigenvalue weighted by Crippen LogP contribution is 2.29. The maximum absolute atomic E-state index is 12.2. The summed E-state index contributed by atoms with van der Waals surface area (Å²) in [5.41, 5.74) is 2.12. The van der Waals surface area contributed by atoms with Gasteiger partial charge in [-0.3, -0.25) is 9.59 Å². The summed E-state index contributed by atoms with van der Waals surface area (Å²) in [4.78, 5) is 24.1. The molecule has 3 rings (SSSR count). The van der Waals surface area contributed by atoms with E-state index in [-0.39, 0.29) is 24.3 Å². The van der Waals surface area contributed by atoms with Gasteiger partial charge in [0.2, 0.25) is 5.91 Å². The summed E-state index contributed by atoms with van der Waals surface area (Å²) in [6, 6.07) is 14.2. The van der Waals surface area contributed by atoms with Crippen LogP contribution < -0.4 is 15.4 Å². The fourth-order valence-corrected chi connectivity index (χ4v) is 2.62. The van der Waals surface area contributed by atoms with Crippen molar-refractivity contribution in [2.75, 3.05) is 12.4 Å². The molecule has 0 saturated heterocycles. The number of benzene rings is 2. The number of para-hydroxylation sites is 2. The number of nitrogens with one attached hydrogen (secondary N) is 2. The van der Waals surface area contributed by atoms with Gasteiger partial charge in [-0.05, 0) is 23.8 Å². The fourth-order valence-electron chi connectivity index (χ4n) is 2.62. The third-order valence-electron chi connectivity index (χ3n) is 3.66. The van der Waals surface area contributed by atoms with E-state index in [1.807, 2.05) is 30.3 Å². The molecule has 0 bridgehead atoms. The fraction of sp³-hybridized carbons (Fsp3) is 0.176. The number of amides is 2. The van der Waals surface area contributed by atoms with Crippen molar-refractivity contribution < 1.29 is 14.3 Å². The van der Waals surface area contributed by atoms with Crippen LogP contribution in [0.1, 0.15) is 28.4 Å². The monoisotopic (exact) mass is 296 g/mol. The van der Waals surface area contributed by atoms with Gasteiger partial charge in [-0.15, -0.1) is 0 Å². The second-order valence-corrected chi connectivity index (χ2v) is 5.07. The average Bonchev–Trinajstić information content (AvgIpc) is 2.84. The molecule has 1 unspecified atom stereocenters. The lowest BCUT2D eigenvalue weighted by molar-refractivity contribution is -0.116. The van der Waals surface area contributed by atoms with Crippen LogP contribution in [-0.2, 0) is 4.79 Å². The van der Waals surface area contributed by atoms with Gasteiger partial charge < -0.3 is 15.4 Å². The number of hydrogen-bond acceptors (Lipinski definition) is 3. The van der Waals surface area contributed by atoms with Gasteiger partial charge in [0.25, 0.3) is 5.91 Å². The van der Waals surface area contributed by atoms with Gasteiger partial charge in [0.05, 0.1) is 25.3 Å². The van der Waals surface area contributed by atoms with Crippen LogP contribution in [0.2, 0.25) is 0 Å². The zero-order valence-electron chi connectivity index (χ0n) is 12.1. The lowest BCUT2D eigenvalue weighted by atomic mass is 10.0. The smallest absolute Gasteiger partial charge is 0.252 e. The second kappa shape index (κ2) is 5.89. The van der Waals surface area contributed by atoms with Crippen molar-refractivity contribution in [3.63, 3.8) is 0 Å². The lowest BCUT2D eigenvalue weighted by Crippen LogP contribution is -2.24. The number of hydrogen-bond donors (Lipinski definition) is 2. The summed E-state index contributed by atoms with van der Waals surface area (Å²) in [5, 5.41) is 5.65. The van der Waals surface area contributed by atoms with Crippen molar-refractivity contribution in [3.05, 3.63) is 59.7 Å². The molecule has 0 aliphatic carbocycles. The first-order valence-electron chi connectivity index (χ1n) is 7.01. The summed E-state index contributed by atoms with van der Waals surface area (Å²) in [6.07, 6.45) is 0.181. The van der Waals surface area contributed by atoms with Crippen LogP contribution in [0.25, 0.3) is 0 Å². The van der Waals surface area contributed by atoms with Gasteiger partial charge in [-0.2, -0.15) is 0 Å². The maximum Gasteiger partial charge on any atom is 0.252 e. The lowest BCUT2D eigenvalue weighted by Gasteiger charge is -2.13. The minimum absolute atomic E-state index is 0.134. The van der Waals surface area contributed by atoms with Crippen LogP contribution in [0.4, 0.5) is 5.69 Å². The van der Waals surface area contributed by atoms with Crippen molar-refractivity contribution in [1.29, 1.82) is 0 Å². The van der Waals surface area contributed by atoms with E-state index in [0.29, 0.717) is 17.0 Å². The number of ether oxygens (including phenoxy) is 1. The topological polar surface area (TPSA) is 67.4 Å². The average molecular weight is 296 g/mol. The van der Waals surface area contributed by atoms with Crippen molar-refractivity contribution in [2.24, 2.45) is 0 Å². The number of rotatable bonds is 4. The Hall–Kier alpha value is -2.82. The highest BCUT2D eigenvalue weighted by atomic mass is 16.5. The minimum atomic E-state index is -0.293. The molecule has 112 valence electrons. The Kier molecular flexibility index (Phi) is 3.78. The largest absolute Gasteiger partial charge is 0.495 e. The first kappa shape index (κ1) is 14.1. The molecule has 0 fully saturated rings. The molecule has 1 aliphatic rings.